The predicted molar refractivity (Wildman–Crippen MR) is 108 cm³/mol. The molecule has 196 valence electrons. The minimum atomic E-state index is -4.24. The van der Waals surface area contributed by atoms with Gasteiger partial charge < -0.3 is 14.9 Å². The summed E-state index contributed by atoms with van der Waals surface area (Å²) >= 11 is 0. The first-order chi connectivity index (χ1) is 16.2. The van der Waals surface area contributed by atoms with Crippen LogP contribution in [-0.2, 0) is 0 Å². The maximum atomic E-state index is 13.1. The van der Waals surface area contributed by atoms with Crippen molar-refractivity contribution in [2.24, 2.45) is 0 Å². The van der Waals surface area contributed by atoms with Gasteiger partial charge in [-0.05, 0) is 49.2 Å². The van der Waals surface area contributed by atoms with Crippen LogP contribution in [0.15, 0.2) is 36.4 Å². The van der Waals surface area contributed by atoms with Crippen LogP contribution in [-0.4, -0.2) is 48.4 Å². The van der Waals surface area contributed by atoms with Crippen molar-refractivity contribution < 1.29 is 59.7 Å². The third kappa shape index (κ3) is 16.1. The number of rotatable bonds is 8. The maximum absolute atomic E-state index is 13.1. The molecule has 5 nitrogen and oxygen atoms in total. The third-order valence-electron chi connectivity index (χ3n) is 3.68. The van der Waals surface area contributed by atoms with Gasteiger partial charge in [0.15, 0.2) is 23.1 Å². The molecule has 0 atom stereocenters. The Balaban J connectivity index is 0.000000545. The molecule has 0 amide bonds. The predicted octanol–water partition coefficient (Wildman–Crippen LogP) is 6.02. The number of benzene rings is 2. The second-order valence-corrected chi connectivity index (χ2v) is 6.65. The van der Waals surface area contributed by atoms with Gasteiger partial charge in [0, 0.05) is 30.6 Å². The Morgan fingerprint density at radius 1 is 0.771 bits per heavy atom. The van der Waals surface area contributed by atoms with Crippen LogP contribution in [0.3, 0.4) is 0 Å². The number of hydrogen-bond acceptors (Lipinski definition) is 5. The van der Waals surface area contributed by atoms with Crippen LogP contribution in [0.5, 0.6) is 11.5 Å². The van der Waals surface area contributed by atoms with Crippen molar-refractivity contribution in [3.63, 3.8) is 0 Å². The summed E-state index contributed by atoms with van der Waals surface area (Å²) in [5.74, 6) is -2.13. The van der Waals surface area contributed by atoms with Gasteiger partial charge in [-0.1, -0.05) is 0 Å². The molecule has 0 aliphatic heterocycles. The standard InChI is InChI=1S/C11H10F4O2.C7H5FO2.C4H7F3O/c12-9-3-2-8(7-16)6-10(9)17-5-1-4-11(13,14)15;8-6-2-1-5(4-9)3-7(6)10;5-4(6,7)2-1-3-8/h2-3,6-7H,1,4-5H2;1-4,10H;8H,1-3H2. The molecule has 0 heterocycles. The lowest BCUT2D eigenvalue weighted by Crippen LogP contribution is -2.10. The highest BCUT2D eigenvalue weighted by atomic mass is 19.4. The normalized spacial score (nSPS) is 10.9. The van der Waals surface area contributed by atoms with Crippen molar-refractivity contribution in [1.82, 2.24) is 0 Å². The van der Waals surface area contributed by atoms with Crippen molar-refractivity contribution in [1.29, 1.82) is 0 Å². The van der Waals surface area contributed by atoms with Crippen LogP contribution in [0.2, 0.25) is 0 Å². The molecule has 0 spiro atoms. The largest absolute Gasteiger partial charge is 0.505 e. The third-order valence-corrected chi connectivity index (χ3v) is 3.68. The number of hydrogen-bond donors (Lipinski definition) is 2. The molecule has 0 aliphatic rings. The fourth-order valence-corrected chi connectivity index (χ4v) is 2.04. The summed E-state index contributed by atoms with van der Waals surface area (Å²) in [5.41, 5.74) is 0.469. The number of aldehydes is 2. The quantitative estimate of drug-likeness (QED) is 0.254. The lowest BCUT2D eigenvalue weighted by Gasteiger charge is -2.09. The van der Waals surface area contributed by atoms with E-state index in [1.54, 1.807) is 0 Å². The minimum absolute atomic E-state index is 0.191. The molecule has 2 aromatic rings. The summed E-state index contributed by atoms with van der Waals surface area (Å²) in [6, 6.07) is 6.84. The monoisotopic (exact) mass is 518 g/mol. The van der Waals surface area contributed by atoms with E-state index in [1.165, 1.54) is 12.1 Å². The van der Waals surface area contributed by atoms with Crippen molar-refractivity contribution in [2.45, 2.75) is 38.0 Å². The Labute approximate surface area is 194 Å². The number of aromatic hydroxyl groups is 1. The van der Waals surface area contributed by atoms with Crippen molar-refractivity contribution in [2.75, 3.05) is 13.2 Å². The van der Waals surface area contributed by atoms with Crippen LogP contribution < -0.4 is 4.74 Å². The number of ether oxygens (including phenoxy) is 1. The van der Waals surface area contributed by atoms with Gasteiger partial charge in [0.25, 0.3) is 0 Å². The summed E-state index contributed by atoms with van der Waals surface area (Å²) in [5, 5.41) is 16.6. The summed E-state index contributed by atoms with van der Waals surface area (Å²) in [6.07, 6.45) is -9.63. The highest BCUT2D eigenvalue weighted by Crippen LogP contribution is 2.23. The Bertz CT molecular complexity index is 914. The van der Waals surface area contributed by atoms with E-state index in [4.69, 9.17) is 14.9 Å². The first-order valence-corrected chi connectivity index (χ1v) is 9.78. The van der Waals surface area contributed by atoms with E-state index >= 15 is 0 Å². The minimum Gasteiger partial charge on any atom is -0.505 e. The van der Waals surface area contributed by atoms with Gasteiger partial charge in [0.2, 0.25) is 0 Å². The van der Waals surface area contributed by atoms with Crippen molar-refractivity contribution in [3.05, 3.63) is 59.2 Å². The first kappa shape index (κ1) is 31.8. The molecule has 0 aliphatic carbocycles. The molecule has 2 N–H and O–H groups in total. The molecule has 2 rings (SSSR count). The molecule has 2 aromatic carbocycles. The fourth-order valence-electron chi connectivity index (χ4n) is 2.04. The van der Waals surface area contributed by atoms with E-state index in [1.807, 2.05) is 0 Å². The number of phenols is 1. The molecule has 0 bridgehead atoms. The lowest BCUT2D eigenvalue weighted by atomic mass is 10.2. The van der Waals surface area contributed by atoms with Gasteiger partial charge in [-0.25, -0.2) is 8.78 Å². The number of alkyl halides is 6. The smallest absolute Gasteiger partial charge is 0.389 e. The summed E-state index contributed by atoms with van der Waals surface area (Å²) in [6.45, 7) is -0.641. The molecular formula is C22H22F8O5. The number of aliphatic hydroxyl groups excluding tert-OH is 1. The molecule has 0 fully saturated rings. The number of aliphatic hydroxyl groups is 1. The Hall–Kier alpha value is -3.22. The van der Waals surface area contributed by atoms with E-state index in [9.17, 15) is 44.7 Å². The highest BCUT2D eigenvalue weighted by molar-refractivity contribution is 5.75. The molecule has 0 radical (unpaired) electrons. The van der Waals surface area contributed by atoms with Crippen LogP contribution >= 0.6 is 0 Å². The van der Waals surface area contributed by atoms with Gasteiger partial charge in [-0.2, -0.15) is 26.3 Å². The molecule has 0 saturated heterocycles. The van der Waals surface area contributed by atoms with E-state index in [0.717, 1.165) is 24.3 Å². The maximum Gasteiger partial charge on any atom is 0.389 e. The van der Waals surface area contributed by atoms with E-state index < -0.39 is 42.6 Å². The average Bonchev–Trinajstić information content (AvgIpc) is 2.78. The van der Waals surface area contributed by atoms with E-state index in [0.29, 0.717) is 12.6 Å². The Morgan fingerprint density at radius 3 is 1.69 bits per heavy atom. The molecule has 35 heavy (non-hydrogen) atoms. The number of carbonyl (C=O) groups is 2. The SMILES string of the molecule is O=Cc1ccc(F)c(O)c1.O=Cc1ccc(F)c(OCCCC(F)(F)F)c1.OCCCC(F)(F)F. The van der Waals surface area contributed by atoms with Gasteiger partial charge >= 0.3 is 12.4 Å². The van der Waals surface area contributed by atoms with Crippen molar-refractivity contribution >= 4 is 12.6 Å². The van der Waals surface area contributed by atoms with E-state index in [2.05, 4.69) is 0 Å². The van der Waals surface area contributed by atoms with Crippen LogP contribution in [0.1, 0.15) is 46.4 Å². The average molecular weight is 518 g/mol. The number of halogens is 8. The summed E-state index contributed by atoms with van der Waals surface area (Å²) in [4.78, 5) is 20.4. The number of phenolic OH excluding ortho intramolecular Hbond substituents is 1. The highest BCUT2D eigenvalue weighted by Gasteiger charge is 2.26. The van der Waals surface area contributed by atoms with Gasteiger partial charge in [0.05, 0.1) is 6.61 Å². The number of carbonyl (C=O) groups excluding carboxylic acids is 2. The topological polar surface area (TPSA) is 83.8 Å². The van der Waals surface area contributed by atoms with Gasteiger partial charge in [-0.3, -0.25) is 9.59 Å². The molecule has 0 saturated carbocycles. The van der Waals surface area contributed by atoms with Gasteiger partial charge in [0.1, 0.15) is 12.6 Å². The second kappa shape index (κ2) is 15.6. The van der Waals surface area contributed by atoms with Crippen LogP contribution in [0, 0.1) is 11.6 Å². The summed E-state index contributed by atoms with van der Waals surface area (Å²) < 4.78 is 99.0. The molecule has 0 aromatic heterocycles. The Morgan fingerprint density at radius 2 is 1.26 bits per heavy atom. The van der Waals surface area contributed by atoms with Crippen molar-refractivity contribution in [3.8, 4) is 11.5 Å². The molecule has 13 heteroatoms. The van der Waals surface area contributed by atoms with Crippen LogP contribution in [0.4, 0.5) is 35.1 Å². The second-order valence-electron chi connectivity index (χ2n) is 6.65. The van der Waals surface area contributed by atoms with Crippen LogP contribution in [0.25, 0.3) is 0 Å². The molecular weight excluding hydrogens is 496 g/mol. The zero-order valence-electron chi connectivity index (χ0n) is 18.0. The summed E-state index contributed by atoms with van der Waals surface area (Å²) in [7, 11) is 0. The van der Waals surface area contributed by atoms with Gasteiger partial charge in [-0.15, -0.1) is 0 Å². The zero-order chi connectivity index (χ0) is 27.1. The Kier molecular flexibility index (Phi) is 14.2. The fraction of sp³-hybridized carbons (Fsp3) is 0.364. The zero-order valence-corrected chi connectivity index (χ0v) is 18.0. The first-order valence-electron chi connectivity index (χ1n) is 9.78. The van der Waals surface area contributed by atoms with E-state index in [-0.39, 0.29) is 42.9 Å². The molecule has 0 unspecified atom stereocenters. The lowest BCUT2D eigenvalue weighted by molar-refractivity contribution is -0.137.